The second kappa shape index (κ2) is 5.13. The summed E-state index contributed by atoms with van der Waals surface area (Å²) in [6, 6.07) is 9.73. The Balaban J connectivity index is 1.97. The van der Waals surface area contributed by atoms with Crippen molar-refractivity contribution in [1.82, 2.24) is 15.1 Å². The van der Waals surface area contributed by atoms with Gasteiger partial charge in [-0.05, 0) is 42.8 Å². The fourth-order valence-corrected chi connectivity index (χ4v) is 1.90. The van der Waals surface area contributed by atoms with Crippen molar-refractivity contribution in [1.29, 1.82) is 5.26 Å². The highest BCUT2D eigenvalue weighted by Gasteiger charge is 2.12. The zero-order chi connectivity index (χ0) is 14.8. The van der Waals surface area contributed by atoms with E-state index in [4.69, 9.17) is 9.78 Å². The Morgan fingerprint density at radius 2 is 2.10 bits per heavy atom. The molecule has 0 amide bonds. The van der Waals surface area contributed by atoms with E-state index in [2.05, 4.69) is 15.1 Å². The van der Waals surface area contributed by atoms with E-state index in [1.807, 2.05) is 6.07 Å². The molecule has 0 fully saturated rings. The molecule has 21 heavy (non-hydrogen) atoms. The van der Waals surface area contributed by atoms with Crippen LogP contribution in [0.3, 0.4) is 0 Å². The van der Waals surface area contributed by atoms with Gasteiger partial charge in [0, 0.05) is 11.8 Å². The summed E-state index contributed by atoms with van der Waals surface area (Å²) >= 11 is 0. The van der Waals surface area contributed by atoms with Crippen molar-refractivity contribution in [2.24, 2.45) is 0 Å². The van der Waals surface area contributed by atoms with Crippen LogP contribution in [0.5, 0.6) is 0 Å². The Hall–Kier alpha value is -3.07. The van der Waals surface area contributed by atoms with Gasteiger partial charge < -0.3 is 4.52 Å². The van der Waals surface area contributed by atoms with Gasteiger partial charge in [0.2, 0.25) is 5.82 Å². The minimum Gasteiger partial charge on any atom is -0.334 e. The molecule has 0 N–H and O–H groups in total. The molecule has 0 spiro atoms. The van der Waals surface area contributed by atoms with E-state index >= 15 is 0 Å². The summed E-state index contributed by atoms with van der Waals surface area (Å²) in [4.78, 5) is 8.28. The number of nitrogens with zero attached hydrogens (tertiary/aromatic N) is 4. The maximum Gasteiger partial charge on any atom is 0.258 e. The van der Waals surface area contributed by atoms with Crippen molar-refractivity contribution < 1.29 is 8.91 Å². The summed E-state index contributed by atoms with van der Waals surface area (Å²) < 4.78 is 18.5. The average Bonchev–Trinajstić information content (AvgIpc) is 2.96. The largest absolute Gasteiger partial charge is 0.334 e. The van der Waals surface area contributed by atoms with Gasteiger partial charge in [-0.2, -0.15) is 10.2 Å². The number of aromatic nitrogens is 3. The number of hydrogen-bond acceptors (Lipinski definition) is 5. The van der Waals surface area contributed by atoms with Crippen molar-refractivity contribution in [3.63, 3.8) is 0 Å². The van der Waals surface area contributed by atoms with E-state index in [9.17, 15) is 4.39 Å². The Kier molecular flexibility index (Phi) is 3.16. The van der Waals surface area contributed by atoms with E-state index in [0.717, 1.165) is 5.56 Å². The summed E-state index contributed by atoms with van der Waals surface area (Å²) in [5, 5.41) is 12.6. The van der Waals surface area contributed by atoms with Gasteiger partial charge in [0.25, 0.3) is 5.89 Å². The quantitative estimate of drug-likeness (QED) is 0.720. The van der Waals surface area contributed by atoms with Crippen molar-refractivity contribution in [3.05, 3.63) is 53.5 Å². The number of benzene rings is 1. The van der Waals surface area contributed by atoms with E-state index in [0.29, 0.717) is 16.8 Å². The molecular weight excluding hydrogens is 271 g/mol. The van der Waals surface area contributed by atoms with Crippen LogP contribution in [-0.2, 0) is 0 Å². The molecular formula is C15H9FN4O. The number of aryl methyl sites for hydroxylation is 1. The average molecular weight is 280 g/mol. The van der Waals surface area contributed by atoms with Gasteiger partial charge in [-0.3, -0.25) is 4.98 Å². The second-order valence-corrected chi connectivity index (χ2v) is 4.48. The van der Waals surface area contributed by atoms with Crippen molar-refractivity contribution in [3.8, 4) is 29.0 Å². The van der Waals surface area contributed by atoms with Crippen LogP contribution in [0.2, 0.25) is 0 Å². The van der Waals surface area contributed by atoms with E-state index in [-0.39, 0.29) is 17.5 Å². The topological polar surface area (TPSA) is 75.6 Å². The molecule has 2 heterocycles. The van der Waals surface area contributed by atoms with Crippen LogP contribution in [0.4, 0.5) is 4.39 Å². The highest BCUT2D eigenvalue weighted by atomic mass is 19.1. The Labute approximate surface area is 119 Å². The molecule has 0 saturated carbocycles. The van der Waals surface area contributed by atoms with Crippen LogP contribution in [0.25, 0.3) is 23.0 Å². The summed E-state index contributed by atoms with van der Waals surface area (Å²) in [5.74, 6) is 0.149. The number of halogens is 1. The van der Waals surface area contributed by atoms with Gasteiger partial charge in [-0.25, -0.2) is 4.39 Å². The Morgan fingerprint density at radius 1 is 1.24 bits per heavy atom. The maximum absolute atomic E-state index is 13.4. The summed E-state index contributed by atoms with van der Waals surface area (Å²) in [6.07, 6.45) is 1.43. The third-order valence-corrected chi connectivity index (χ3v) is 2.84. The van der Waals surface area contributed by atoms with Gasteiger partial charge >= 0.3 is 0 Å². The number of pyridine rings is 1. The molecule has 0 aliphatic heterocycles. The van der Waals surface area contributed by atoms with Gasteiger partial charge in [-0.1, -0.05) is 5.16 Å². The molecule has 0 bridgehead atoms. The first-order valence-electron chi connectivity index (χ1n) is 6.13. The van der Waals surface area contributed by atoms with Gasteiger partial charge in [-0.15, -0.1) is 0 Å². The molecule has 0 saturated heterocycles. The predicted octanol–water partition coefficient (Wildman–Crippen LogP) is 3.12. The first-order valence-corrected chi connectivity index (χ1v) is 6.13. The maximum atomic E-state index is 13.4. The summed E-state index contributed by atoms with van der Waals surface area (Å²) in [6.45, 7) is 1.78. The van der Waals surface area contributed by atoms with Crippen LogP contribution >= 0.6 is 0 Å². The smallest absolute Gasteiger partial charge is 0.258 e. The molecule has 0 atom stereocenters. The van der Waals surface area contributed by atoms with Crippen molar-refractivity contribution >= 4 is 0 Å². The molecule has 3 aromatic rings. The molecule has 0 unspecified atom stereocenters. The lowest BCUT2D eigenvalue weighted by atomic mass is 10.1. The lowest BCUT2D eigenvalue weighted by molar-refractivity contribution is 0.432. The normalized spacial score (nSPS) is 10.3. The lowest BCUT2D eigenvalue weighted by Gasteiger charge is -1.97. The van der Waals surface area contributed by atoms with Gasteiger partial charge in [0.15, 0.2) is 0 Å². The lowest BCUT2D eigenvalue weighted by Crippen LogP contribution is -1.87. The van der Waals surface area contributed by atoms with Gasteiger partial charge in [0.1, 0.15) is 17.6 Å². The highest BCUT2D eigenvalue weighted by molar-refractivity contribution is 5.58. The Bertz CT molecular complexity index is 813. The monoisotopic (exact) mass is 280 g/mol. The SMILES string of the molecule is Cc1cc(F)cc(-c2nc(-c3ccc(C#N)cn3)no2)c1. The number of rotatable bonds is 2. The molecule has 3 rings (SSSR count). The van der Waals surface area contributed by atoms with Crippen LogP contribution in [0.1, 0.15) is 11.1 Å². The minimum atomic E-state index is -0.360. The van der Waals surface area contributed by atoms with Crippen LogP contribution in [0, 0.1) is 24.1 Å². The minimum absolute atomic E-state index is 0.221. The molecule has 0 radical (unpaired) electrons. The zero-order valence-corrected chi connectivity index (χ0v) is 11.0. The highest BCUT2D eigenvalue weighted by Crippen LogP contribution is 2.23. The number of nitriles is 1. The predicted molar refractivity (Wildman–Crippen MR) is 72.4 cm³/mol. The fraction of sp³-hybridized carbons (Fsp3) is 0.0667. The van der Waals surface area contributed by atoms with Crippen LogP contribution in [-0.4, -0.2) is 15.1 Å². The molecule has 2 aromatic heterocycles. The molecule has 0 aliphatic rings. The first kappa shape index (κ1) is 12.9. The molecule has 1 aromatic carbocycles. The first-order chi connectivity index (χ1) is 10.2. The Morgan fingerprint density at radius 3 is 2.76 bits per heavy atom. The van der Waals surface area contributed by atoms with E-state index in [1.165, 1.54) is 18.3 Å². The fourth-order valence-electron chi connectivity index (χ4n) is 1.90. The number of hydrogen-bond donors (Lipinski definition) is 0. The van der Waals surface area contributed by atoms with Crippen LogP contribution in [0.15, 0.2) is 41.1 Å². The summed E-state index contributed by atoms with van der Waals surface area (Å²) in [7, 11) is 0. The molecule has 102 valence electrons. The summed E-state index contributed by atoms with van der Waals surface area (Å²) in [5.41, 5.74) is 2.21. The molecule has 5 nitrogen and oxygen atoms in total. The van der Waals surface area contributed by atoms with Crippen molar-refractivity contribution in [2.75, 3.05) is 0 Å². The second-order valence-electron chi connectivity index (χ2n) is 4.48. The van der Waals surface area contributed by atoms with Crippen molar-refractivity contribution in [2.45, 2.75) is 6.92 Å². The third-order valence-electron chi connectivity index (χ3n) is 2.84. The molecule has 0 aliphatic carbocycles. The molecule has 6 heteroatoms. The van der Waals surface area contributed by atoms with Crippen LogP contribution < -0.4 is 0 Å². The standard InChI is InChI=1S/C15H9FN4O/c1-9-4-11(6-12(16)5-9)15-19-14(20-21-15)13-3-2-10(7-17)8-18-13/h2-6,8H,1H3. The third kappa shape index (κ3) is 2.62. The zero-order valence-electron chi connectivity index (χ0n) is 11.0. The van der Waals surface area contributed by atoms with E-state index in [1.54, 1.807) is 25.1 Å². The van der Waals surface area contributed by atoms with Gasteiger partial charge in [0.05, 0.1) is 5.56 Å². The van der Waals surface area contributed by atoms with E-state index < -0.39 is 0 Å².